The van der Waals surface area contributed by atoms with Gasteiger partial charge in [0.15, 0.2) is 0 Å². The van der Waals surface area contributed by atoms with Crippen molar-refractivity contribution in [1.82, 2.24) is 0 Å². The second-order valence-corrected chi connectivity index (χ2v) is 5.26. The van der Waals surface area contributed by atoms with Crippen LogP contribution >= 0.6 is 11.6 Å². The molecule has 0 radical (unpaired) electrons. The van der Waals surface area contributed by atoms with Crippen molar-refractivity contribution in [2.45, 2.75) is 12.5 Å². The average molecular weight is 304 g/mol. The van der Waals surface area contributed by atoms with Gasteiger partial charge in [-0.2, -0.15) is 0 Å². The SMILES string of the molecule is Nc1c(Cl)cccc1C(=O)OCC1Cc2ccccc2O1. The maximum absolute atomic E-state index is 12.0. The molecule has 1 aliphatic rings. The third kappa shape index (κ3) is 2.81. The molecular weight excluding hydrogens is 290 g/mol. The number of carbonyl (C=O) groups is 1. The van der Waals surface area contributed by atoms with Crippen LogP contribution in [0.1, 0.15) is 15.9 Å². The lowest BCUT2D eigenvalue weighted by molar-refractivity contribution is 0.0348. The fourth-order valence-electron chi connectivity index (χ4n) is 2.31. The minimum Gasteiger partial charge on any atom is -0.486 e. The smallest absolute Gasteiger partial charge is 0.340 e. The van der Waals surface area contributed by atoms with Gasteiger partial charge in [-0.25, -0.2) is 4.79 Å². The van der Waals surface area contributed by atoms with E-state index in [1.807, 2.05) is 24.3 Å². The van der Waals surface area contributed by atoms with E-state index in [2.05, 4.69) is 0 Å². The molecule has 3 rings (SSSR count). The first-order chi connectivity index (χ1) is 10.1. The van der Waals surface area contributed by atoms with E-state index in [-0.39, 0.29) is 24.0 Å². The molecule has 21 heavy (non-hydrogen) atoms. The van der Waals surface area contributed by atoms with Gasteiger partial charge >= 0.3 is 5.97 Å². The molecule has 2 aromatic rings. The highest BCUT2D eigenvalue weighted by atomic mass is 35.5. The van der Waals surface area contributed by atoms with Gasteiger partial charge in [0.2, 0.25) is 0 Å². The van der Waals surface area contributed by atoms with Gasteiger partial charge in [0.25, 0.3) is 0 Å². The second kappa shape index (κ2) is 5.66. The molecule has 4 nitrogen and oxygen atoms in total. The molecule has 1 aliphatic heterocycles. The number of hydrogen-bond acceptors (Lipinski definition) is 4. The molecule has 0 amide bonds. The zero-order valence-corrected chi connectivity index (χ0v) is 12.0. The third-order valence-corrected chi connectivity index (χ3v) is 3.72. The largest absolute Gasteiger partial charge is 0.486 e. The van der Waals surface area contributed by atoms with Crippen LogP contribution in [0, 0.1) is 0 Å². The molecule has 0 saturated heterocycles. The Hall–Kier alpha value is -2.20. The van der Waals surface area contributed by atoms with Crippen molar-refractivity contribution >= 4 is 23.3 Å². The maximum Gasteiger partial charge on any atom is 0.340 e. The average Bonchev–Trinajstić information content (AvgIpc) is 2.90. The molecule has 1 unspecified atom stereocenters. The molecule has 0 fully saturated rings. The summed E-state index contributed by atoms with van der Waals surface area (Å²) in [6, 6.07) is 12.7. The van der Waals surface area contributed by atoms with Crippen LogP contribution in [0.5, 0.6) is 5.75 Å². The summed E-state index contributed by atoms with van der Waals surface area (Å²) in [5.41, 5.74) is 7.41. The zero-order valence-electron chi connectivity index (χ0n) is 11.2. The highest BCUT2D eigenvalue weighted by molar-refractivity contribution is 6.33. The van der Waals surface area contributed by atoms with Crippen LogP contribution in [-0.2, 0) is 11.2 Å². The summed E-state index contributed by atoms with van der Waals surface area (Å²) in [7, 11) is 0. The van der Waals surface area contributed by atoms with Gasteiger partial charge in [-0.05, 0) is 23.8 Å². The number of nitrogen functional groups attached to an aromatic ring is 1. The van der Waals surface area contributed by atoms with Crippen molar-refractivity contribution in [3.8, 4) is 5.75 Å². The molecule has 1 heterocycles. The second-order valence-electron chi connectivity index (χ2n) is 4.85. The fourth-order valence-corrected chi connectivity index (χ4v) is 2.48. The van der Waals surface area contributed by atoms with E-state index < -0.39 is 5.97 Å². The van der Waals surface area contributed by atoms with Crippen LogP contribution in [0.25, 0.3) is 0 Å². The van der Waals surface area contributed by atoms with Crippen molar-refractivity contribution in [3.05, 3.63) is 58.6 Å². The van der Waals surface area contributed by atoms with Crippen molar-refractivity contribution in [3.63, 3.8) is 0 Å². The van der Waals surface area contributed by atoms with Gasteiger partial charge in [-0.1, -0.05) is 35.9 Å². The first-order valence-electron chi connectivity index (χ1n) is 6.61. The van der Waals surface area contributed by atoms with E-state index in [4.69, 9.17) is 26.8 Å². The number of benzene rings is 2. The molecule has 0 spiro atoms. The quantitative estimate of drug-likeness (QED) is 0.699. The molecule has 108 valence electrons. The Bertz CT molecular complexity index is 662. The number of para-hydroxylation sites is 2. The number of rotatable bonds is 3. The topological polar surface area (TPSA) is 61.6 Å². The number of carbonyl (C=O) groups excluding carboxylic acids is 1. The predicted octanol–water partition coefficient (Wildman–Crippen LogP) is 3.08. The van der Waals surface area contributed by atoms with Gasteiger partial charge in [0.05, 0.1) is 16.3 Å². The highest BCUT2D eigenvalue weighted by Crippen LogP contribution is 2.28. The Kier molecular flexibility index (Phi) is 3.71. The Morgan fingerprint density at radius 3 is 2.90 bits per heavy atom. The highest BCUT2D eigenvalue weighted by Gasteiger charge is 2.24. The van der Waals surface area contributed by atoms with Gasteiger partial charge in [-0.3, -0.25) is 0 Å². The lowest BCUT2D eigenvalue weighted by Gasteiger charge is -2.12. The van der Waals surface area contributed by atoms with Crippen LogP contribution in [0.15, 0.2) is 42.5 Å². The van der Waals surface area contributed by atoms with Crippen molar-refractivity contribution in [2.24, 2.45) is 0 Å². The van der Waals surface area contributed by atoms with Gasteiger partial charge in [-0.15, -0.1) is 0 Å². The maximum atomic E-state index is 12.0. The monoisotopic (exact) mass is 303 g/mol. The minimum atomic E-state index is -0.491. The summed E-state index contributed by atoms with van der Waals surface area (Å²) in [6.45, 7) is 0.180. The van der Waals surface area contributed by atoms with Crippen molar-refractivity contribution in [1.29, 1.82) is 0 Å². The summed E-state index contributed by atoms with van der Waals surface area (Å²) < 4.78 is 11.0. The third-order valence-electron chi connectivity index (χ3n) is 3.39. The van der Waals surface area contributed by atoms with E-state index in [0.29, 0.717) is 5.02 Å². The Labute approximate surface area is 127 Å². The van der Waals surface area contributed by atoms with Crippen LogP contribution in [0.4, 0.5) is 5.69 Å². The fraction of sp³-hybridized carbons (Fsp3) is 0.188. The predicted molar refractivity (Wildman–Crippen MR) is 80.7 cm³/mol. The molecule has 2 N–H and O–H groups in total. The lowest BCUT2D eigenvalue weighted by Crippen LogP contribution is -2.23. The minimum absolute atomic E-state index is 0.160. The van der Waals surface area contributed by atoms with Crippen LogP contribution in [-0.4, -0.2) is 18.7 Å². The first kappa shape index (κ1) is 13.8. The number of halogens is 1. The first-order valence-corrected chi connectivity index (χ1v) is 6.98. The Morgan fingerprint density at radius 2 is 2.10 bits per heavy atom. The molecule has 1 atom stereocenters. The van der Waals surface area contributed by atoms with Crippen LogP contribution in [0.3, 0.4) is 0 Å². The summed E-state index contributed by atoms with van der Waals surface area (Å²) in [5, 5.41) is 0.342. The summed E-state index contributed by atoms with van der Waals surface area (Å²) in [5.74, 6) is 0.357. The van der Waals surface area contributed by atoms with Gasteiger partial charge in [0, 0.05) is 6.42 Å². The molecular formula is C16H14ClNO3. The van der Waals surface area contributed by atoms with Crippen LogP contribution in [0.2, 0.25) is 5.02 Å². The van der Waals surface area contributed by atoms with Crippen LogP contribution < -0.4 is 10.5 Å². The number of hydrogen-bond donors (Lipinski definition) is 1. The molecule has 5 heteroatoms. The van der Waals surface area contributed by atoms with Crippen molar-refractivity contribution < 1.29 is 14.3 Å². The van der Waals surface area contributed by atoms with E-state index in [9.17, 15) is 4.79 Å². The van der Waals surface area contributed by atoms with E-state index in [1.165, 1.54) is 0 Å². The number of ether oxygens (including phenoxy) is 2. The number of anilines is 1. The molecule has 0 bridgehead atoms. The zero-order chi connectivity index (χ0) is 14.8. The molecule has 0 aliphatic carbocycles. The number of fused-ring (bicyclic) bond motifs is 1. The summed E-state index contributed by atoms with van der Waals surface area (Å²) >= 11 is 5.89. The molecule has 0 saturated carbocycles. The molecule has 2 aromatic carbocycles. The summed E-state index contributed by atoms with van der Waals surface area (Å²) in [4.78, 5) is 12.0. The number of nitrogens with two attached hydrogens (primary N) is 1. The molecule has 0 aromatic heterocycles. The standard InChI is InChI=1S/C16H14ClNO3/c17-13-6-3-5-12(15(13)18)16(19)20-9-11-8-10-4-1-2-7-14(10)21-11/h1-7,11H,8-9,18H2. The lowest BCUT2D eigenvalue weighted by atomic mass is 10.1. The van der Waals surface area contributed by atoms with E-state index in [0.717, 1.165) is 17.7 Å². The number of esters is 1. The van der Waals surface area contributed by atoms with Crippen molar-refractivity contribution in [2.75, 3.05) is 12.3 Å². The van der Waals surface area contributed by atoms with E-state index >= 15 is 0 Å². The normalized spacial score (nSPS) is 16.1. The van der Waals surface area contributed by atoms with Gasteiger partial charge < -0.3 is 15.2 Å². The summed E-state index contributed by atoms with van der Waals surface area (Å²) in [6.07, 6.45) is 0.570. The van der Waals surface area contributed by atoms with Gasteiger partial charge in [0.1, 0.15) is 18.5 Å². The Morgan fingerprint density at radius 1 is 1.29 bits per heavy atom. The van der Waals surface area contributed by atoms with E-state index in [1.54, 1.807) is 18.2 Å². The Balaban J connectivity index is 1.62.